The van der Waals surface area contributed by atoms with Crippen molar-refractivity contribution in [1.82, 2.24) is 20.0 Å². The van der Waals surface area contributed by atoms with E-state index in [1.54, 1.807) is 97.9 Å². The first-order valence-electron chi connectivity index (χ1n) is 14.6. The van der Waals surface area contributed by atoms with Crippen LogP contribution in [0.1, 0.15) is 77.9 Å². The van der Waals surface area contributed by atoms with Crippen molar-refractivity contribution >= 4 is 35.7 Å². The summed E-state index contributed by atoms with van der Waals surface area (Å²) < 4.78 is 22.6. The normalized spacial score (nSPS) is 19.8. The van der Waals surface area contributed by atoms with E-state index in [2.05, 4.69) is 0 Å². The molecule has 4 rings (SSSR count). The van der Waals surface area contributed by atoms with E-state index in [1.807, 2.05) is 11.4 Å². The van der Waals surface area contributed by atoms with E-state index in [9.17, 15) is 19.2 Å². The molecule has 0 spiro atoms. The maximum atomic E-state index is 14.1. The molecular weight excluding hydrogens is 588 g/mol. The number of hydrazine groups is 2. The number of ether oxygens (including phenoxy) is 4. The molecule has 3 heterocycles. The molecule has 3 atom stereocenters. The van der Waals surface area contributed by atoms with Gasteiger partial charge in [-0.25, -0.2) is 29.2 Å². The molecule has 13 heteroatoms. The van der Waals surface area contributed by atoms with Crippen molar-refractivity contribution in [2.45, 2.75) is 97.9 Å². The fraction of sp³-hybridized carbons (Fsp3) is 0.484. The van der Waals surface area contributed by atoms with E-state index in [0.29, 0.717) is 10.4 Å². The van der Waals surface area contributed by atoms with Crippen LogP contribution in [0.5, 0.6) is 0 Å². The molecule has 1 saturated heterocycles. The molecule has 0 bridgehead atoms. The van der Waals surface area contributed by atoms with Gasteiger partial charge in [0.25, 0.3) is 0 Å². The van der Waals surface area contributed by atoms with Crippen LogP contribution >= 0.6 is 11.3 Å². The largest absolute Gasteiger partial charge is 0.445 e. The summed E-state index contributed by atoms with van der Waals surface area (Å²) in [6.07, 6.45) is -3.81. The van der Waals surface area contributed by atoms with Crippen LogP contribution in [-0.2, 0) is 18.9 Å². The molecule has 2 aliphatic heterocycles. The first-order chi connectivity index (χ1) is 20.8. The Bertz CT molecular complexity index is 1360. The zero-order valence-electron chi connectivity index (χ0n) is 26.2. The number of amides is 4. The van der Waals surface area contributed by atoms with E-state index >= 15 is 0 Å². The minimum absolute atomic E-state index is 0.234. The Morgan fingerprint density at radius 3 is 1.61 bits per heavy atom. The van der Waals surface area contributed by atoms with Crippen LogP contribution in [0.3, 0.4) is 0 Å². The van der Waals surface area contributed by atoms with Gasteiger partial charge in [-0.05, 0) is 78.5 Å². The van der Waals surface area contributed by atoms with Crippen molar-refractivity contribution < 1.29 is 38.1 Å². The number of hydrogen-bond acceptors (Lipinski definition) is 9. The maximum Gasteiger partial charge on any atom is 0.433 e. The Labute approximate surface area is 261 Å². The van der Waals surface area contributed by atoms with Crippen LogP contribution in [0.2, 0.25) is 0 Å². The lowest BCUT2D eigenvalue weighted by molar-refractivity contribution is -0.0758. The van der Waals surface area contributed by atoms with Crippen LogP contribution in [-0.4, -0.2) is 74.9 Å². The van der Waals surface area contributed by atoms with Gasteiger partial charge < -0.3 is 18.9 Å². The number of carbonyl (C=O) groups is 4. The zero-order valence-corrected chi connectivity index (χ0v) is 27.0. The third kappa shape index (κ3) is 6.77. The van der Waals surface area contributed by atoms with E-state index in [1.165, 1.54) is 16.3 Å². The molecule has 1 fully saturated rings. The summed E-state index contributed by atoms with van der Waals surface area (Å²) in [7, 11) is 0. The number of carbonyl (C=O) groups excluding carboxylic acids is 4. The SMILES string of the molecule is CC(C)OC(=O)N1C2=C[C@@H](c3ccccc3)N(C(=O)OC(C)C)N(C(=O)OC(C)C)[C@H]2[C@H](c2cccs2)N1C(=O)OC(C)C. The van der Waals surface area contributed by atoms with Crippen LogP contribution in [0.15, 0.2) is 59.6 Å². The molecule has 0 radical (unpaired) electrons. The Kier molecular flexibility index (Phi) is 10.1. The number of nitrogens with zero attached hydrogens (tertiary/aromatic N) is 4. The van der Waals surface area contributed by atoms with Gasteiger partial charge >= 0.3 is 24.4 Å². The summed E-state index contributed by atoms with van der Waals surface area (Å²) in [5.41, 5.74) is 0.854. The fourth-order valence-electron chi connectivity index (χ4n) is 5.03. The number of thiophene rings is 1. The van der Waals surface area contributed by atoms with E-state index in [0.717, 1.165) is 15.0 Å². The second-order valence-electron chi connectivity index (χ2n) is 11.4. The van der Waals surface area contributed by atoms with Gasteiger partial charge in [-0.3, -0.25) is 0 Å². The monoisotopic (exact) mass is 628 g/mol. The topological polar surface area (TPSA) is 118 Å². The molecule has 2 aromatic rings. The summed E-state index contributed by atoms with van der Waals surface area (Å²) in [6, 6.07) is 9.51. The number of rotatable bonds is 6. The van der Waals surface area contributed by atoms with Crippen LogP contribution in [0.25, 0.3) is 0 Å². The molecule has 1 aromatic heterocycles. The van der Waals surface area contributed by atoms with Crippen molar-refractivity contribution in [3.8, 4) is 0 Å². The van der Waals surface area contributed by atoms with E-state index in [-0.39, 0.29) is 5.70 Å². The molecule has 0 N–H and O–H groups in total. The fourth-order valence-corrected chi connectivity index (χ4v) is 5.87. The molecule has 0 aliphatic carbocycles. The summed E-state index contributed by atoms with van der Waals surface area (Å²) in [5.74, 6) is 0. The average Bonchev–Trinajstić information content (AvgIpc) is 3.57. The molecule has 238 valence electrons. The molecule has 0 saturated carbocycles. The number of fused-ring (bicyclic) bond motifs is 1. The summed E-state index contributed by atoms with van der Waals surface area (Å²) in [4.78, 5) is 56.4. The number of benzene rings is 1. The Morgan fingerprint density at radius 2 is 1.11 bits per heavy atom. The van der Waals surface area contributed by atoms with Crippen molar-refractivity contribution in [2.24, 2.45) is 0 Å². The van der Waals surface area contributed by atoms with Gasteiger partial charge in [-0.2, -0.15) is 10.0 Å². The summed E-state index contributed by atoms with van der Waals surface area (Å²) in [5, 5.41) is 6.42. The van der Waals surface area contributed by atoms with Crippen LogP contribution in [0.4, 0.5) is 19.2 Å². The van der Waals surface area contributed by atoms with Crippen LogP contribution in [0, 0.1) is 0 Å². The first-order valence-corrected chi connectivity index (χ1v) is 15.5. The van der Waals surface area contributed by atoms with Crippen LogP contribution < -0.4 is 0 Å². The lowest BCUT2D eigenvalue weighted by Crippen LogP contribution is -2.60. The minimum Gasteiger partial charge on any atom is -0.445 e. The first kappa shape index (κ1) is 32.6. The van der Waals surface area contributed by atoms with Gasteiger partial charge in [0.05, 0.1) is 30.1 Å². The highest BCUT2D eigenvalue weighted by Gasteiger charge is 2.60. The quantitative estimate of drug-likeness (QED) is 0.313. The lowest BCUT2D eigenvalue weighted by atomic mass is 9.96. The van der Waals surface area contributed by atoms with Gasteiger partial charge in [0.1, 0.15) is 18.1 Å². The van der Waals surface area contributed by atoms with Crippen molar-refractivity contribution in [1.29, 1.82) is 0 Å². The van der Waals surface area contributed by atoms with Crippen molar-refractivity contribution in [3.63, 3.8) is 0 Å². The highest BCUT2D eigenvalue weighted by atomic mass is 32.1. The van der Waals surface area contributed by atoms with Gasteiger partial charge in [0, 0.05) is 4.88 Å². The minimum atomic E-state index is -1.11. The molecule has 2 aliphatic rings. The van der Waals surface area contributed by atoms with Crippen molar-refractivity contribution in [2.75, 3.05) is 0 Å². The molecular formula is C31H40N4O8S. The second kappa shape index (κ2) is 13.6. The highest BCUT2D eigenvalue weighted by Crippen LogP contribution is 2.49. The standard InChI is InChI=1S/C31H40N4O8S/c1-18(2)40-28(36)32-23(22-13-10-9-11-14-22)17-24-26(34(32)30(38)42-20(5)6)27(25-15-12-16-44-25)35(31(39)43-21(7)8)33(24)29(37)41-19(3)4/h9-21,23,26-27H,1-8H3/t23-,26+,27-/m0/s1. The molecule has 44 heavy (non-hydrogen) atoms. The maximum absolute atomic E-state index is 14.1. The molecule has 0 unspecified atom stereocenters. The molecule has 1 aromatic carbocycles. The molecule has 12 nitrogen and oxygen atoms in total. The Morgan fingerprint density at radius 1 is 0.614 bits per heavy atom. The highest BCUT2D eigenvalue weighted by molar-refractivity contribution is 7.10. The third-order valence-electron chi connectivity index (χ3n) is 6.47. The Hall–Kier alpha value is -4.26. The van der Waals surface area contributed by atoms with Gasteiger partial charge in [-0.1, -0.05) is 36.4 Å². The molecule has 4 amide bonds. The Balaban J connectivity index is 2.05. The van der Waals surface area contributed by atoms with Gasteiger partial charge in [0.15, 0.2) is 0 Å². The average molecular weight is 629 g/mol. The van der Waals surface area contributed by atoms with E-state index in [4.69, 9.17) is 18.9 Å². The zero-order chi connectivity index (χ0) is 32.3. The lowest BCUT2D eigenvalue weighted by Gasteiger charge is -2.45. The van der Waals surface area contributed by atoms with Crippen molar-refractivity contribution in [3.05, 3.63) is 70.1 Å². The summed E-state index contributed by atoms with van der Waals surface area (Å²) in [6.45, 7) is 13.6. The predicted molar refractivity (Wildman–Crippen MR) is 162 cm³/mol. The predicted octanol–water partition coefficient (Wildman–Crippen LogP) is 7.03. The third-order valence-corrected chi connectivity index (χ3v) is 7.41. The van der Waals surface area contributed by atoms with E-state index < -0.39 is 66.9 Å². The second-order valence-corrected chi connectivity index (χ2v) is 12.4. The van der Waals surface area contributed by atoms with Gasteiger partial charge in [-0.15, -0.1) is 11.3 Å². The van der Waals surface area contributed by atoms with Gasteiger partial charge in [0.2, 0.25) is 0 Å². The summed E-state index contributed by atoms with van der Waals surface area (Å²) >= 11 is 1.32. The number of hydrogen-bond donors (Lipinski definition) is 0. The smallest absolute Gasteiger partial charge is 0.433 e.